The number of carbonyl (C=O) groups is 2. The summed E-state index contributed by atoms with van der Waals surface area (Å²) in [5, 5.41) is 23.4. The highest BCUT2D eigenvalue weighted by Gasteiger charge is 2.24. The van der Waals surface area contributed by atoms with Crippen LogP contribution in [0.25, 0.3) is 50.5 Å². The Hall–Kier alpha value is -7.57. The van der Waals surface area contributed by atoms with Gasteiger partial charge in [-0.3, -0.25) is 4.79 Å². The quantitative estimate of drug-likeness (QED) is 0.0318. The molecule has 0 spiro atoms. The number of fused-ring (bicyclic) bond motifs is 3. The number of aromatic carboxylic acids is 1. The van der Waals surface area contributed by atoms with Crippen molar-refractivity contribution < 1.29 is 42.8 Å². The summed E-state index contributed by atoms with van der Waals surface area (Å²) in [5.41, 5.74) is 6.07. The number of benzene rings is 5. The van der Waals surface area contributed by atoms with Crippen LogP contribution in [0.1, 0.15) is 40.1 Å². The molecule has 3 heterocycles. The van der Waals surface area contributed by atoms with Gasteiger partial charge >= 0.3 is 5.97 Å². The monoisotopic (exact) mass is 997 g/mol. The van der Waals surface area contributed by atoms with Crippen LogP contribution in [0.2, 0.25) is 5.02 Å². The van der Waals surface area contributed by atoms with Crippen molar-refractivity contribution in [3.8, 4) is 45.2 Å². The van der Waals surface area contributed by atoms with Gasteiger partial charge in [0, 0.05) is 89.3 Å². The molecule has 0 radical (unpaired) electrons. The number of hydrogen-bond donors (Lipinski definition) is 3. The highest BCUT2D eigenvalue weighted by Crippen LogP contribution is 2.42. The average Bonchev–Trinajstić information content (AvgIpc) is 3.85. The number of amides is 1. The van der Waals surface area contributed by atoms with Crippen LogP contribution in [0.3, 0.4) is 0 Å². The van der Waals surface area contributed by atoms with Crippen molar-refractivity contribution in [2.75, 3.05) is 91.2 Å². The zero-order valence-corrected chi connectivity index (χ0v) is 41.9. The third-order valence-electron chi connectivity index (χ3n) is 11.5. The molecule has 3 N–H and O–H groups in total. The number of aromatic nitrogens is 4. The van der Waals surface area contributed by atoms with Gasteiger partial charge in [-0.2, -0.15) is 14.6 Å². The van der Waals surface area contributed by atoms with Gasteiger partial charge in [-0.15, -0.1) is 0 Å². The predicted octanol–water partition coefficient (Wildman–Crippen LogP) is 8.02. The summed E-state index contributed by atoms with van der Waals surface area (Å²) < 4.78 is 39.3. The lowest BCUT2D eigenvalue weighted by molar-refractivity contribution is 0.00991. The number of para-hydroxylation sites is 1. The first-order valence-corrected chi connectivity index (χ1v) is 23.9. The fourth-order valence-corrected chi connectivity index (χ4v) is 8.15. The maximum absolute atomic E-state index is 13.2. The van der Waals surface area contributed by atoms with E-state index in [9.17, 15) is 14.7 Å². The Kier molecular flexibility index (Phi) is 16.6. The molecule has 0 atom stereocenters. The van der Waals surface area contributed by atoms with Crippen molar-refractivity contribution in [3.05, 3.63) is 137 Å². The third kappa shape index (κ3) is 12.3. The maximum Gasteiger partial charge on any atom is 0.336 e. The summed E-state index contributed by atoms with van der Waals surface area (Å²) in [6.07, 6.45) is 1.44. The molecule has 8 rings (SSSR count). The Morgan fingerprint density at radius 2 is 1.57 bits per heavy atom. The molecule has 2 aromatic heterocycles. The summed E-state index contributed by atoms with van der Waals surface area (Å²) in [4.78, 5) is 37.1. The van der Waals surface area contributed by atoms with Gasteiger partial charge in [0.15, 0.2) is 0 Å². The van der Waals surface area contributed by atoms with Gasteiger partial charge in [0.25, 0.3) is 11.7 Å². The van der Waals surface area contributed by atoms with E-state index in [1.165, 1.54) is 12.4 Å². The number of halogens is 1. The summed E-state index contributed by atoms with van der Waals surface area (Å²) in [5.74, 6) is 1.50. The van der Waals surface area contributed by atoms with E-state index in [-0.39, 0.29) is 30.4 Å². The van der Waals surface area contributed by atoms with Crippen LogP contribution in [0, 0.1) is 0 Å². The molecule has 72 heavy (non-hydrogen) atoms. The van der Waals surface area contributed by atoms with Crippen molar-refractivity contribution in [1.29, 1.82) is 0 Å². The zero-order valence-electron chi connectivity index (χ0n) is 41.1. The number of rotatable bonds is 23. The number of nitrogens with one attached hydrogen (secondary N) is 2. The Morgan fingerprint density at radius 1 is 0.819 bits per heavy atom. The Morgan fingerprint density at radius 3 is 2.32 bits per heavy atom. The van der Waals surface area contributed by atoms with Crippen LogP contribution >= 0.6 is 11.6 Å². The summed E-state index contributed by atoms with van der Waals surface area (Å²) in [6, 6.07) is 31.6. The Bertz CT molecular complexity index is 3240. The van der Waals surface area contributed by atoms with Crippen LogP contribution in [-0.4, -0.2) is 124 Å². The lowest BCUT2D eigenvalue weighted by Gasteiger charge is -2.19. The molecular formula is C54H58ClN8O9+. The van der Waals surface area contributed by atoms with Crippen LogP contribution in [-0.2, 0) is 20.8 Å². The molecule has 0 fully saturated rings. The molecule has 1 aliphatic heterocycles. The third-order valence-corrected chi connectivity index (χ3v) is 11.8. The van der Waals surface area contributed by atoms with Gasteiger partial charge in [0.2, 0.25) is 5.36 Å². The minimum absolute atomic E-state index is 0.00264. The number of carbonyl (C=O) groups excluding carboxylic acids is 1. The largest absolute Gasteiger partial charge is 0.491 e. The molecule has 6 aromatic rings. The van der Waals surface area contributed by atoms with Crippen molar-refractivity contribution in [3.63, 3.8) is 0 Å². The predicted molar refractivity (Wildman–Crippen MR) is 278 cm³/mol. The van der Waals surface area contributed by atoms with Gasteiger partial charge in [0.05, 0.1) is 63.1 Å². The van der Waals surface area contributed by atoms with Crippen LogP contribution in [0.4, 0.5) is 11.5 Å². The first kappa shape index (κ1) is 50.8. The van der Waals surface area contributed by atoms with E-state index in [2.05, 4.69) is 20.7 Å². The van der Waals surface area contributed by atoms with Gasteiger partial charge in [-0.1, -0.05) is 35.9 Å². The highest BCUT2D eigenvalue weighted by molar-refractivity contribution is 6.30. The minimum atomic E-state index is -1.15. The van der Waals surface area contributed by atoms with E-state index in [0.29, 0.717) is 102 Å². The van der Waals surface area contributed by atoms with Crippen molar-refractivity contribution >= 4 is 51.7 Å². The molecule has 2 aliphatic rings. The van der Waals surface area contributed by atoms with Crippen LogP contribution in [0.5, 0.6) is 11.5 Å². The van der Waals surface area contributed by atoms with Gasteiger partial charge in [-0.25, -0.2) is 14.4 Å². The summed E-state index contributed by atoms with van der Waals surface area (Å²) in [7, 11) is 7.78. The Balaban J connectivity index is 0.772. The molecule has 0 saturated carbocycles. The maximum atomic E-state index is 13.2. The highest BCUT2D eigenvalue weighted by atomic mass is 35.5. The molecule has 0 bridgehead atoms. The Labute approximate surface area is 421 Å². The second-order valence-corrected chi connectivity index (χ2v) is 17.8. The number of hydrogen-bond acceptors (Lipinski definition) is 13. The van der Waals surface area contributed by atoms with Crippen molar-refractivity contribution in [1.82, 2.24) is 29.5 Å². The number of carboxylic acids is 1. The fourth-order valence-electron chi connectivity index (χ4n) is 7.99. The van der Waals surface area contributed by atoms with E-state index < -0.39 is 11.9 Å². The lowest BCUT2D eigenvalue weighted by atomic mass is 9.89. The molecule has 1 aliphatic carbocycles. The zero-order chi connectivity index (χ0) is 50.7. The van der Waals surface area contributed by atoms with Gasteiger partial charge < -0.3 is 48.7 Å². The summed E-state index contributed by atoms with van der Waals surface area (Å²) >= 11 is 6.27. The van der Waals surface area contributed by atoms with E-state index in [4.69, 9.17) is 44.7 Å². The molecule has 0 unspecified atom stereocenters. The number of anilines is 2. The second-order valence-electron chi connectivity index (χ2n) is 17.4. The summed E-state index contributed by atoms with van der Waals surface area (Å²) in [6.45, 7) is 6.84. The van der Waals surface area contributed by atoms with E-state index in [1.54, 1.807) is 16.6 Å². The number of ether oxygens (including phenoxy) is 5. The molecule has 18 heteroatoms. The van der Waals surface area contributed by atoms with Crippen LogP contribution < -0.4 is 34.9 Å². The van der Waals surface area contributed by atoms with E-state index in [0.717, 1.165) is 33.1 Å². The van der Waals surface area contributed by atoms with Crippen molar-refractivity contribution in [2.45, 2.75) is 26.5 Å². The van der Waals surface area contributed by atoms with Crippen molar-refractivity contribution in [2.24, 2.45) is 0 Å². The SMILES string of the molecule is CC(C)Oc1cc(Cl)ccc1CNc1cc(-c2ccccc2OCCOCCOCCOCCNC(=O)c2ccc(-c3c4ccc(=[N+](C)C)cc-4oc4cc(N(C)C)ccc34)c(C(=O)O)c2)nc2ncnn12. The number of nitrogens with zero attached hydrogens (tertiary/aromatic N) is 6. The molecule has 17 nitrogen and oxygen atoms in total. The standard InChI is InChI=1S/C54H57ClN8O9/c1-34(2)71-47-28-37(55)13-11-36(47)32-57-50-31-45(60-54-58-33-59-63(50)54)41-9-7-8-10-46(41)70-26-25-69-24-23-68-22-21-67-20-19-56-52(64)35-12-16-40(44(27-35)53(65)66)51-42-17-14-38(61(3)4)29-48(42)72-49-30-39(62(5)6)15-18-43(49)51/h7-18,27-31,33-34H,19-26,32H2,1-6H3,(H2-,56,57,58,59,60,64,65,66)/p+1. The number of carboxylic acid groups (broad SMARTS) is 1. The molecule has 1 amide bonds. The topological polar surface area (TPSA) is 187 Å². The molecule has 374 valence electrons. The van der Waals surface area contributed by atoms with Gasteiger partial charge in [-0.05, 0) is 74.0 Å². The lowest BCUT2D eigenvalue weighted by Crippen LogP contribution is -2.28. The van der Waals surface area contributed by atoms with E-state index in [1.807, 2.05) is 136 Å². The minimum Gasteiger partial charge on any atom is -0.491 e. The van der Waals surface area contributed by atoms with E-state index >= 15 is 0 Å². The average molecular weight is 999 g/mol. The normalized spacial score (nSPS) is 11.4. The van der Waals surface area contributed by atoms with Gasteiger partial charge in [0.1, 0.15) is 55.7 Å². The first-order chi connectivity index (χ1) is 34.8. The molecule has 4 aromatic carbocycles. The second kappa shape index (κ2) is 23.6. The van der Waals surface area contributed by atoms with Crippen LogP contribution in [0.15, 0.2) is 114 Å². The first-order valence-electron chi connectivity index (χ1n) is 23.5. The smallest absolute Gasteiger partial charge is 0.336 e. The fraction of sp³-hybridized carbons (Fsp3) is 0.296. The molecular weight excluding hydrogens is 940 g/mol. The molecule has 0 saturated heterocycles.